The Bertz CT molecular complexity index is 685. The molecule has 0 aliphatic heterocycles. The van der Waals surface area contributed by atoms with Gasteiger partial charge >= 0.3 is 0 Å². The van der Waals surface area contributed by atoms with Gasteiger partial charge in [0, 0.05) is 18.9 Å². The molecule has 20 heavy (non-hydrogen) atoms. The molecule has 0 saturated carbocycles. The van der Waals surface area contributed by atoms with E-state index in [1.807, 2.05) is 12.1 Å². The van der Waals surface area contributed by atoms with E-state index in [0.717, 1.165) is 5.56 Å². The third-order valence-corrected chi connectivity index (χ3v) is 2.59. The van der Waals surface area contributed by atoms with Crippen molar-refractivity contribution in [2.75, 3.05) is 5.32 Å². The highest BCUT2D eigenvalue weighted by atomic mass is 35.5. The average Bonchev–Trinajstić information content (AvgIpc) is 3.00. The highest BCUT2D eigenvalue weighted by Gasteiger charge is 2.07. The number of nitrogens with zero attached hydrogens (tertiary/aromatic N) is 7. The molecular weight excluding hydrogens is 280 g/mol. The van der Waals surface area contributed by atoms with Crippen molar-refractivity contribution < 1.29 is 0 Å². The van der Waals surface area contributed by atoms with Crippen LogP contribution in [0.1, 0.15) is 5.56 Å². The Kier molecular flexibility index (Phi) is 3.46. The molecular formula is C11H9ClN8. The maximum absolute atomic E-state index is 5.87. The molecule has 9 heteroatoms. The number of halogens is 1. The molecule has 3 heterocycles. The lowest BCUT2D eigenvalue weighted by molar-refractivity contribution is 0.793. The topological polar surface area (TPSA) is 94.3 Å². The Morgan fingerprint density at radius 3 is 2.70 bits per heavy atom. The number of aromatic nitrogens is 7. The van der Waals surface area contributed by atoms with E-state index in [2.05, 4.69) is 35.3 Å². The zero-order chi connectivity index (χ0) is 13.8. The molecule has 0 amide bonds. The molecule has 1 N–H and O–H groups in total. The van der Waals surface area contributed by atoms with E-state index in [1.165, 1.54) is 17.3 Å². The van der Waals surface area contributed by atoms with Crippen molar-refractivity contribution in [2.24, 2.45) is 0 Å². The number of hydrogen-bond acceptors (Lipinski definition) is 7. The summed E-state index contributed by atoms with van der Waals surface area (Å²) < 4.78 is 1.41. The number of anilines is 1. The van der Waals surface area contributed by atoms with E-state index in [-0.39, 0.29) is 5.28 Å². The smallest absolute Gasteiger partial charge is 0.258 e. The minimum atomic E-state index is 0.0859. The molecule has 0 atom stereocenters. The first-order valence-electron chi connectivity index (χ1n) is 5.70. The maximum atomic E-state index is 5.87. The van der Waals surface area contributed by atoms with E-state index < -0.39 is 0 Å². The van der Waals surface area contributed by atoms with Crippen LogP contribution in [0.25, 0.3) is 5.95 Å². The fourth-order valence-corrected chi connectivity index (χ4v) is 1.67. The van der Waals surface area contributed by atoms with Gasteiger partial charge in [-0.3, -0.25) is 4.98 Å². The van der Waals surface area contributed by atoms with Crippen LogP contribution in [0.4, 0.5) is 5.95 Å². The normalized spacial score (nSPS) is 10.4. The molecule has 0 radical (unpaired) electrons. The first-order chi connectivity index (χ1) is 9.81. The van der Waals surface area contributed by atoms with Crippen LogP contribution in [0.2, 0.25) is 5.28 Å². The molecule has 100 valence electrons. The molecule has 0 saturated heterocycles. The van der Waals surface area contributed by atoms with Crippen LogP contribution in [0.15, 0.2) is 37.2 Å². The van der Waals surface area contributed by atoms with Crippen molar-refractivity contribution in [1.82, 2.24) is 34.7 Å². The number of pyridine rings is 1. The van der Waals surface area contributed by atoms with Gasteiger partial charge in [-0.05, 0) is 29.3 Å². The van der Waals surface area contributed by atoms with Crippen LogP contribution < -0.4 is 5.32 Å². The van der Waals surface area contributed by atoms with E-state index >= 15 is 0 Å². The summed E-state index contributed by atoms with van der Waals surface area (Å²) in [4.78, 5) is 20.0. The molecule has 3 aromatic rings. The van der Waals surface area contributed by atoms with Gasteiger partial charge in [0.25, 0.3) is 5.95 Å². The summed E-state index contributed by atoms with van der Waals surface area (Å²) in [5.41, 5.74) is 1.05. The van der Waals surface area contributed by atoms with Crippen LogP contribution in [-0.4, -0.2) is 34.7 Å². The SMILES string of the molecule is Clc1nc(NCc2ccncc2)nc(-n2cncn2)n1. The summed E-state index contributed by atoms with van der Waals surface area (Å²) in [6.45, 7) is 0.555. The molecule has 0 fully saturated rings. The molecule has 0 bridgehead atoms. The summed E-state index contributed by atoms with van der Waals surface area (Å²) >= 11 is 5.87. The monoisotopic (exact) mass is 288 g/mol. The van der Waals surface area contributed by atoms with Gasteiger partial charge in [0.05, 0.1) is 0 Å². The molecule has 0 spiro atoms. The highest BCUT2D eigenvalue weighted by molar-refractivity contribution is 6.28. The van der Waals surface area contributed by atoms with E-state index in [4.69, 9.17) is 11.6 Å². The van der Waals surface area contributed by atoms with Gasteiger partial charge in [-0.1, -0.05) is 0 Å². The zero-order valence-electron chi connectivity index (χ0n) is 10.2. The molecule has 0 unspecified atom stereocenters. The average molecular weight is 289 g/mol. The summed E-state index contributed by atoms with van der Waals surface area (Å²) in [6.07, 6.45) is 6.32. The summed E-state index contributed by atoms with van der Waals surface area (Å²) in [5.74, 6) is 0.673. The molecule has 0 aliphatic rings. The lowest BCUT2D eigenvalue weighted by Crippen LogP contribution is -2.09. The highest BCUT2D eigenvalue weighted by Crippen LogP contribution is 2.09. The van der Waals surface area contributed by atoms with Gasteiger partial charge < -0.3 is 5.32 Å². The molecule has 0 aromatic carbocycles. The fraction of sp³-hybridized carbons (Fsp3) is 0.0909. The standard InChI is InChI=1S/C11H9ClN8/c12-9-17-10(15-5-8-1-3-13-4-2-8)19-11(18-9)20-7-14-6-16-20/h1-4,6-7H,5H2,(H,15,17,18,19). The fourth-order valence-electron chi connectivity index (χ4n) is 1.51. The second kappa shape index (κ2) is 5.57. The Labute approximate surface area is 118 Å². The van der Waals surface area contributed by atoms with Crippen molar-refractivity contribution >= 4 is 17.5 Å². The van der Waals surface area contributed by atoms with Crippen molar-refractivity contribution in [3.05, 3.63) is 48.0 Å². The number of rotatable bonds is 4. The van der Waals surface area contributed by atoms with Crippen molar-refractivity contribution in [3.63, 3.8) is 0 Å². The Morgan fingerprint density at radius 1 is 1.10 bits per heavy atom. The first-order valence-corrected chi connectivity index (χ1v) is 6.08. The van der Waals surface area contributed by atoms with Gasteiger partial charge in [0.15, 0.2) is 0 Å². The summed E-state index contributed by atoms with van der Waals surface area (Å²) in [6, 6.07) is 3.79. The largest absolute Gasteiger partial charge is 0.350 e. The lowest BCUT2D eigenvalue weighted by atomic mass is 10.3. The van der Waals surface area contributed by atoms with Crippen LogP contribution in [0.5, 0.6) is 0 Å². The first kappa shape index (κ1) is 12.4. The number of nitrogens with one attached hydrogen (secondary N) is 1. The third kappa shape index (κ3) is 2.86. The van der Waals surface area contributed by atoms with Gasteiger partial charge in [0.1, 0.15) is 12.7 Å². The third-order valence-electron chi connectivity index (χ3n) is 2.42. The second-order valence-corrected chi connectivity index (χ2v) is 4.12. The van der Waals surface area contributed by atoms with Crippen molar-refractivity contribution in [3.8, 4) is 5.95 Å². The van der Waals surface area contributed by atoms with Gasteiger partial charge in [0.2, 0.25) is 11.2 Å². The predicted molar refractivity (Wildman–Crippen MR) is 71.3 cm³/mol. The van der Waals surface area contributed by atoms with E-state index in [9.17, 15) is 0 Å². The van der Waals surface area contributed by atoms with Crippen LogP contribution in [0, 0.1) is 0 Å². The second-order valence-electron chi connectivity index (χ2n) is 3.78. The predicted octanol–water partition coefficient (Wildman–Crippen LogP) is 1.11. The Hall–Kier alpha value is -2.61. The van der Waals surface area contributed by atoms with Crippen molar-refractivity contribution in [1.29, 1.82) is 0 Å². The zero-order valence-corrected chi connectivity index (χ0v) is 10.9. The summed E-state index contributed by atoms with van der Waals surface area (Å²) in [5, 5.41) is 7.10. The Morgan fingerprint density at radius 2 is 1.95 bits per heavy atom. The molecule has 0 aliphatic carbocycles. The molecule has 3 aromatic heterocycles. The number of hydrogen-bond donors (Lipinski definition) is 1. The van der Waals surface area contributed by atoms with Gasteiger partial charge in [-0.25, -0.2) is 4.98 Å². The Balaban J connectivity index is 1.80. The van der Waals surface area contributed by atoms with Crippen LogP contribution >= 0.6 is 11.6 Å². The van der Waals surface area contributed by atoms with E-state index in [1.54, 1.807) is 12.4 Å². The van der Waals surface area contributed by atoms with Gasteiger partial charge in [-0.2, -0.15) is 24.7 Å². The molecule has 3 rings (SSSR count). The minimum absolute atomic E-state index is 0.0859. The van der Waals surface area contributed by atoms with Crippen molar-refractivity contribution in [2.45, 2.75) is 6.54 Å². The quantitative estimate of drug-likeness (QED) is 0.768. The van der Waals surface area contributed by atoms with E-state index in [0.29, 0.717) is 18.4 Å². The van der Waals surface area contributed by atoms with Crippen LogP contribution in [-0.2, 0) is 6.54 Å². The summed E-state index contributed by atoms with van der Waals surface area (Å²) in [7, 11) is 0. The minimum Gasteiger partial charge on any atom is -0.350 e. The maximum Gasteiger partial charge on any atom is 0.258 e. The van der Waals surface area contributed by atoms with Crippen LogP contribution in [0.3, 0.4) is 0 Å². The lowest BCUT2D eigenvalue weighted by Gasteiger charge is -2.06. The van der Waals surface area contributed by atoms with Gasteiger partial charge in [-0.15, -0.1) is 0 Å². The molecule has 8 nitrogen and oxygen atoms in total.